The monoisotopic (exact) mass is 328 g/mol. The van der Waals surface area contributed by atoms with Gasteiger partial charge in [-0.25, -0.2) is 0 Å². The minimum absolute atomic E-state index is 0. The Labute approximate surface area is 138 Å². The Balaban J connectivity index is 0.00000242. The summed E-state index contributed by atoms with van der Waals surface area (Å²) in [6, 6.07) is 5.52. The van der Waals surface area contributed by atoms with Crippen molar-refractivity contribution in [3.63, 3.8) is 0 Å². The van der Waals surface area contributed by atoms with Crippen LogP contribution in [0.4, 0.5) is 0 Å². The van der Waals surface area contributed by atoms with E-state index in [-0.39, 0.29) is 24.4 Å². The molecular weight excluding hydrogens is 304 g/mol. The van der Waals surface area contributed by atoms with Crippen LogP contribution in [0, 0.1) is 0 Å². The molecular formula is C16H25ClN2O3. The van der Waals surface area contributed by atoms with Crippen LogP contribution in [-0.2, 0) is 0 Å². The van der Waals surface area contributed by atoms with Crippen molar-refractivity contribution in [1.82, 2.24) is 10.6 Å². The molecule has 0 aromatic heterocycles. The van der Waals surface area contributed by atoms with Gasteiger partial charge in [-0.15, -0.1) is 12.4 Å². The molecule has 0 saturated carbocycles. The minimum atomic E-state index is -0.0623. The highest BCUT2D eigenvalue weighted by Gasteiger charge is 2.17. The van der Waals surface area contributed by atoms with Crippen LogP contribution in [-0.4, -0.2) is 38.3 Å². The van der Waals surface area contributed by atoms with Crippen LogP contribution in [0.5, 0.6) is 11.5 Å². The Morgan fingerprint density at radius 1 is 1.27 bits per heavy atom. The lowest BCUT2D eigenvalue weighted by atomic mass is 10.1. The second kappa shape index (κ2) is 9.54. The van der Waals surface area contributed by atoms with Gasteiger partial charge < -0.3 is 20.1 Å². The molecule has 2 N–H and O–H groups in total. The maximum atomic E-state index is 12.3. The number of carbonyl (C=O) groups is 1. The molecule has 5 nitrogen and oxygen atoms in total. The fourth-order valence-electron chi connectivity index (χ4n) is 2.44. The van der Waals surface area contributed by atoms with Crippen molar-refractivity contribution in [2.45, 2.75) is 32.7 Å². The molecule has 1 aromatic rings. The van der Waals surface area contributed by atoms with E-state index in [0.29, 0.717) is 30.3 Å². The van der Waals surface area contributed by atoms with Crippen LogP contribution in [0.3, 0.4) is 0 Å². The topological polar surface area (TPSA) is 59.6 Å². The van der Waals surface area contributed by atoms with E-state index in [4.69, 9.17) is 9.47 Å². The Kier molecular flexibility index (Phi) is 8.06. The van der Waals surface area contributed by atoms with E-state index >= 15 is 0 Å². The lowest BCUT2D eigenvalue weighted by molar-refractivity contribution is 0.0930. The maximum Gasteiger partial charge on any atom is 0.251 e. The average molecular weight is 329 g/mol. The van der Waals surface area contributed by atoms with Crippen molar-refractivity contribution in [3.05, 3.63) is 23.8 Å². The van der Waals surface area contributed by atoms with Gasteiger partial charge in [0.2, 0.25) is 0 Å². The first-order valence-corrected chi connectivity index (χ1v) is 7.65. The van der Waals surface area contributed by atoms with E-state index in [2.05, 4.69) is 10.6 Å². The first-order chi connectivity index (χ1) is 10.2. The molecule has 0 unspecified atom stereocenters. The van der Waals surface area contributed by atoms with Gasteiger partial charge in [-0.05, 0) is 51.4 Å². The number of carbonyl (C=O) groups excluding carboxylic acids is 1. The van der Waals surface area contributed by atoms with Gasteiger partial charge in [0.1, 0.15) is 0 Å². The third-order valence-electron chi connectivity index (χ3n) is 3.44. The van der Waals surface area contributed by atoms with Gasteiger partial charge in [-0.3, -0.25) is 4.79 Å². The van der Waals surface area contributed by atoms with Gasteiger partial charge >= 0.3 is 0 Å². The highest BCUT2D eigenvalue weighted by atomic mass is 35.5. The van der Waals surface area contributed by atoms with Crippen LogP contribution in [0.15, 0.2) is 18.2 Å². The molecule has 22 heavy (non-hydrogen) atoms. The summed E-state index contributed by atoms with van der Waals surface area (Å²) in [5.74, 6) is 1.23. The Morgan fingerprint density at radius 3 is 2.64 bits per heavy atom. The predicted octanol–water partition coefficient (Wildman–Crippen LogP) is 2.39. The third kappa shape index (κ3) is 5.07. The van der Waals surface area contributed by atoms with Crippen molar-refractivity contribution >= 4 is 18.3 Å². The lowest BCUT2D eigenvalue weighted by Crippen LogP contribution is -2.45. The summed E-state index contributed by atoms with van der Waals surface area (Å²) in [6.45, 7) is 6.81. The van der Waals surface area contributed by atoms with E-state index in [1.165, 1.54) is 0 Å². The zero-order chi connectivity index (χ0) is 15.1. The standard InChI is InChI=1S/C16H24N2O3.ClH/c1-3-20-14-8-7-12(10-15(14)21-4-2)16(19)18-13-6-5-9-17-11-13;/h7-8,10,13,17H,3-6,9,11H2,1-2H3,(H,18,19);1H/t13-;/m1./s1. The molecule has 1 aliphatic heterocycles. The third-order valence-corrected chi connectivity index (χ3v) is 3.44. The molecule has 1 fully saturated rings. The van der Waals surface area contributed by atoms with E-state index in [9.17, 15) is 4.79 Å². The van der Waals surface area contributed by atoms with E-state index in [0.717, 1.165) is 25.9 Å². The molecule has 1 aromatic carbocycles. The summed E-state index contributed by atoms with van der Waals surface area (Å²) in [6.07, 6.45) is 2.12. The number of benzene rings is 1. The molecule has 1 amide bonds. The Morgan fingerprint density at radius 2 is 2.00 bits per heavy atom. The quantitative estimate of drug-likeness (QED) is 0.842. The Hall–Kier alpha value is -1.46. The summed E-state index contributed by atoms with van der Waals surface area (Å²) in [4.78, 5) is 12.3. The van der Waals surface area contributed by atoms with Crippen LogP contribution in [0.2, 0.25) is 0 Å². The fraction of sp³-hybridized carbons (Fsp3) is 0.562. The van der Waals surface area contributed by atoms with E-state index < -0.39 is 0 Å². The zero-order valence-corrected chi connectivity index (χ0v) is 14.0. The SMILES string of the molecule is CCOc1ccc(C(=O)N[C@@H]2CCCNC2)cc1OCC.Cl. The highest BCUT2D eigenvalue weighted by molar-refractivity contribution is 5.95. The molecule has 1 atom stereocenters. The number of hydrogen-bond donors (Lipinski definition) is 2. The second-order valence-electron chi connectivity index (χ2n) is 5.04. The van der Waals surface area contributed by atoms with Crippen molar-refractivity contribution in [1.29, 1.82) is 0 Å². The molecule has 0 bridgehead atoms. The molecule has 0 spiro atoms. The van der Waals surface area contributed by atoms with Gasteiger partial charge in [0.15, 0.2) is 11.5 Å². The van der Waals surface area contributed by atoms with Crippen molar-refractivity contribution in [2.75, 3.05) is 26.3 Å². The fourth-order valence-corrected chi connectivity index (χ4v) is 2.44. The van der Waals surface area contributed by atoms with Crippen LogP contribution < -0.4 is 20.1 Å². The van der Waals surface area contributed by atoms with Crippen LogP contribution >= 0.6 is 12.4 Å². The molecule has 0 radical (unpaired) electrons. The van der Waals surface area contributed by atoms with Crippen LogP contribution in [0.25, 0.3) is 0 Å². The first kappa shape index (κ1) is 18.6. The molecule has 0 aliphatic carbocycles. The lowest BCUT2D eigenvalue weighted by Gasteiger charge is -2.24. The van der Waals surface area contributed by atoms with Crippen molar-refractivity contribution in [3.8, 4) is 11.5 Å². The zero-order valence-electron chi connectivity index (χ0n) is 13.2. The number of piperidine rings is 1. The van der Waals surface area contributed by atoms with Crippen molar-refractivity contribution in [2.24, 2.45) is 0 Å². The number of ether oxygens (including phenoxy) is 2. The smallest absolute Gasteiger partial charge is 0.251 e. The van der Waals surface area contributed by atoms with Gasteiger partial charge in [0, 0.05) is 18.2 Å². The number of hydrogen-bond acceptors (Lipinski definition) is 4. The number of amides is 1. The molecule has 1 saturated heterocycles. The maximum absolute atomic E-state index is 12.3. The molecule has 2 rings (SSSR count). The largest absolute Gasteiger partial charge is 0.490 e. The summed E-state index contributed by atoms with van der Waals surface area (Å²) >= 11 is 0. The predicted molar refractivity (Wildman–Crippen MR) is 89.4 cm³/mol. The normalized spacial score (nSPS) is 17.3. The molecule has 1 heterocycles. The summed E-state index contributed by atoms with van der Waals surface area (Å²) < 4.78 is 11.1. The van der Waals surface area contributed by atoms with Crippen LogP contribution in [0.1, 0.15) is 37.0 Å². The van der Waals surface area contributed by atoms with Gasteiger partial charge in [-0.1, -0.05) is 0 Å². The van der Waals surface area contributed by atoms with Gasteiger partial charge in [0.05, 0.1) is 13.2 Å². The van der Waals surface area contributed by atoms with Gasteiger partial charge in [-0.2, -0.15) is 0 Å². The van der Waals surface area contributed by atoms with Gasteiger partial charge in [0.25, 0.3) is 5.91 Å². The van der Waals surface area contributed by atoms with E-state index in [1.54, 1.807) is 18.2 Å². The summed E-state index contributed by atoms with van der Waals surface area (Å²) in [5, 5.41) is 6.35. The summed E-state index contributed by atoms with van der Waals surface area (Å²) in [7, 11) is 0. The number of nitrogens with one attached hydrogen (secondary N) is 2. The summed E-state index contributed by atoms with van der Waals surface area (Å²) in [5.41, 5.74) is 0.604. The average Bonchev–Trinajstić information content (AvgIpc) is 2.50. The highest BCUT2D eigenvalue weighted by Crippen LogP contribution is 2.28. The second-order valence-corrected chi connectivity index (χ2v) is 5.04. The Bertz CT molecular complexity index is 476. The molecule has 124 valence electrons. The number of rotatable bonds is 6. The number of halogens is 1. The van der Waals surface area contributed by atoms with E-state index in [1.807, 2.05) is 13.8 Å². The van der Waals surface area contributed by atoms with Crippen molar-refractivity contribution < 1.29 is 14.3 Å². The molecule has 6 heteroatoms. The first-order valence-electron chi connectivity index (χ1n) is 7.65. The minimum Gasteiger partial charge on any atom is -0.490 e. The molecule has 1 aliphatic rings.